The molecular formula is C33H36F3GeN. The summed E-state index contributed by atoms with van der Waals surface area (Å²) in [5.41, 5.74) is 5.82. The summed E-state index contributed by atoms with van der Waals surface area (Å²) in [7, 11) is 0. The van der Waals surface area contributed by atoms with Gasteiger partial charge in [-0.25, -0.2) is 0 Å². The van der Waals surface area contributed by atoms with E-state index >= 15 is 0 Å². The van der Waals surface area contributed by atoms with Gasteiger partial charge in [-0.1, -0.05) is 0 Å². The number of aromatic nitrogens is 1. The van der Waals surface area contributed by atoms with Gasteiger partial charge in [0, 0.05) is 0 Å². The average molecular weight is 576 g/mol. The number of halogens is 3. The number of alkyl halides is 3. The monoisotopic (exact) mass is 577 g/mol. The van der Waals surface area contributed by atoms with Crippen LogP contribution in [0.4, 0.5) is 13.2 Å². The predicted molar refractivity (Wildman–Crippen MR) is 156 cm³/mol. The first kappa shape index (κ1) is 27.0. The number of hydrogen-bond donors (Lipinski definition) is 0. The Morgan fingerprint density at radius 2 is 1.47 bits per heavy atom. The summed E-state index contributed by atoms with van der Waals surface area (Å²) in [6.45, 7) is 11.4. The number of fused-ring (bicyclic) bond motifs is 4. The van der Waals surface area contributed by atoms with E-state index in [9.17, 15) is 13.2 Å². The summed E-state index contributed by atoms with van der Waals surface area (Å²) in [5, 5.41) is 2.45. The van der Waals surface area contributed by atoms with Gasteiger partial charge in [-0.05, 0) is 0 Å². The Bertz CT molecular complexity index is 1570. The maximum atomic E-state index is 13.8. The van der Waals surface area contributed by atoms with E-state index in [1.807, 2.05) is 19.2 Å². The van der Waals surface area contributed by atoms with E-state index in [4.69, 9.17) is 4.98 Å². The first-order chi connectivity index (χ1) is 17.5. The Balaban J connectivity index is 1.71. The van der Waals surface area contributed by atoms with Crippen molar-refractivity contribution in [3.63, 3.8) is 0 Å². The third-order valence-corrected chi connectivity index (χ3v) is 16.1. The van der Waals surface area contributed by atoms with Gasteiger partial charge in [-0.2, -0.15) is 0 Å². The van der Waals surface area contributed by atoms with E-state index in [1.165, 1.54) is 50.1 Å². The van der Waals surface area contributed by atoms with E-state index in [1.54, 1.807) is 0 Å². The zero-order valence-corrected chi connectivity index (χ0v) is 25.7. The molecule has 1 aromatic heterocycles. The Kier molecular flexibility index (Phi) is 6.18. The molecule has 1 aliphatic heterocycles. The molecular weight excluding hydrogens is 540 g/mol. The molecule has 0 fully saturated rings. The Labute approximate surface area is 226 Å². The molecule has 0 atom stereocenters. The zero-order chi connectivity index (χ0) is 27.8. The van der Waals surface area contributed by atoms with Crippen LogP contribution >= 0.6 is 0 Å². The summed E-state index contributed by atoms with van der Waals surface area (Å²) in [5.74, 6) is 4.74. The van der Waals surface area contributed by atoms with Crippen molar-refractivity contribution >= 4 is 32.8 Å². The van der Waals surface area contributed by atoms with Gasteiger partial charge in [0.2, 0.25) is 0 Å². The zero-order valence-electron chi connectivity index (χ0n) is 23.6. The molecule has 5 rings (SSSR count). The minimum atomic E-state index is -4.25. The van der Waals surface area contributed by atoms with Crippen LogP contribution in [0.3, 0.4) is 0 Å². The standard InChI is InChI=1S/C33H36F3GeN/c1-20-22(19-32(5,6)33(34,35)36)13-14-25-26-15-16-38-30(29(26)37(7,8)28(20)25)23-17-21-11-9-10-12-24(21)27(18-23)31(2,3)4/h9-18H,19H2,1-8H3. The van der Waals surface area contributed by atoms with Crippen LogP contribution in [0.15, 0.2) is 60.8 Å². The SMILES string of the molecule is Cc1c(CC(C)(C)C(F)(F)F)ccc2[c]1[Ge]([CH3])([CH3])[c]1c-2ccnc1-c1cc(C(C)(C)C)c2ccccc2c1. The Hall–Kier alpha value is -2.60. The van der Waals surface area contributed by atoms with E-state index in [0.717, 1.165) is 22.4 Å². The van der Waals surface area contributed by atoms with E-state index in [0.29, 0.717) is 0 Å². The van der Waals surface area contributed by atoms with Gasteiger partial charge >= 0.3 is 227 Å². The second-order valence-corrected chi connectivity index (χ2v) is 21.9. The van der Waals surface area contributed by atoms with Crippen LogP contribution in [-0.2, 0) is 11.8 Å². The van der Waals surface area contributed by atoms with Crippen molar-refractivity contribution in [1.29, 1.82) is 0 Å². The third-order valence-electron chi connectivity index (χ3n) is 8.41. The molecule has 0 saturated carbocycles. The van der Waals surface area contributed by atoms with Crippen LogP contribution in [0.5, 0.6) is 0 Å². The fourth-order valence-electron chi connectivity index (χ4n) is 6.28. The van der Waals surface area contributed by atoms with Crippen molar-refractivity contribution in [2.75, 3.05) is 0 Å². The number of hydrogen-bond acceptors (Lipinski definition) is 1. The molecule has 0 aliphatic carbocycles. The molecule has 198 valence electrons. The van der Waals surface area contributed by atoms with Gasteiger partial charge in [-0.15, -0.1) is 0 Å². The van der Waals surface area contributed by atoms with Crippen molar-refractivity contribution in [2.45, 2.75) is 71.1 Å². The van der Waals surface area contributed by atoms with E-state index in [-0.39, 0.29) is 11.8 Å². The van der Waals surface area contributed by atoms with Crippen molar-refractivity contribution in [3.8, 4) is 22.4 Å². The van der Waals surface area contributed by atoms with Crippen molar-refractivity contribution in [2.24, 2.45) is 5.41 Å². The number of benzene rings is 3. The maximum absolute atomic E-state index is 13.8. The van der Waals surface area contributed by atoms with Crippen LogP contribution in [0.1, 0.15) is 51.3 Å². The van der Waals surface area contributed by atoms with Gasteiger partial charge < -0.3 is 0 Å². The summed E-state index contributed by atoms with van der Waals surface area (Å²) in [6, 6.07) is 19.1. The molecule has 3 aromatic carbocycles. The molecule has 38 heavy (non-hydrogen) atoms. The molecule has 1 aliphatic rings. The molecule has 1 nitrogen and oxygen atoms in total. The first-order valence-electron chi connectivity index (χ1n) is 13.3. The minimum absolute atomic E-state index is 0.0188. The van der Waals surface area contributed by atoms with Gasteiger partial charge in [-0.3, -0.25) is 0 Å². The molecule has 2 heterocycles. The quantitative estimate of drug-likeness (QED) is 0.223. The topological polar surface area (TPSA) is 12.9 Å². The van der Waals surface area contributed by atoms with Crippen molar-refractivity contribution in [1.82, 2.24) is 4.98 Å². The van der Waals surface area contributed by atoms with Gasteiger partial charge in [0.25, 0.3) is 0 Å². The normalized spacial score (nSPS) is 15.0. The second-order valence-electron chi connectivity index (χ2n) is 13.0. The second kappa shape index (κ2) is 8.71. The number of nitrogens with zero attached hydrogens (tertiary/aromatic N) is 1. The summed E-state index contributed by atoms with van der Waals surface area (Å²) < 4.78 is 43.9. The van der Waals surface area contributed by atoms with Crippen LogP contribution in [0.25, 0.3) is 33.2 Å². The van der Waals surface area contributed by atoms with E-state index < -0.39 is 24.9 Å². The third kappa shape index (κ3) is 4.20. The van der Waals surface area contributed by atoms with Crippen molar-refractivity contribution in [3.05, 3.63) is 77.5 Å². The fraction of sp³-hybridized carbons (Fsp3) is 0.364. The van der Waals surface area contributed by atoms with Crippen molar-refractivity contribution < 1.29 is 13.2 Å². The molecule has 4 aromatic rings. The van der Waals surface area contributed by atoms with Crippen LogP contribution in [-0.4, -0.2) is 24.4 Å². The average Bonchev–Trinajstić information content (AvgIpc) is 3.06. The van der Waals surface area contributed by atoms with Gasteiger partial charge in [0.1, 0.15) is 0 Å². The molecule has 0 unspecified atom stereocenters. The van der Waals surface area contributed by atoms with E-state index in [2.05, 4.69) is 80.8 Å². The number of rotatable bonds is 3. The molecule has 0 amide bonds. The molecule has 0 bridgehead atoms. The molecule has 0 saturated heterocycles. The fourth-order valence-corrected chi connectivity index (χ4v) is 14.5. The van der Waals surface area contributed by atoms with Gasteiger partial charge in [0.05, 0.1) is 0 Å². The number of pyridine rings is 1. The van der Waals surface area contributed by atoms with Crippen LogP contribution in [0.2, 0.25) is 11.5 Å². The molecule has 0 spiro atoms. The van der Waals surface area contributed by atoms with Gasteiger partial charge in [0.15, 0.2) is 0 Å². The van der Waals surface area contributed by atoms with Crippen LogP contribution < -0.4 is 8.79 Å². The predicted octanol–water partition coefficient (Wildman–Crippen LogP) is 8.44. The summed E-state index contributed by atoms with van der Waals surface area (Å²) >= 11 is -2.93. The molecule has 0 N–H and O–H groups in total. The molecule has 0 radical (unpaired) electrons. The molecule has 5 heteroatoms. The Morgan fingerprint density at radius 1 is 0.816 bits per heavy atom. The Morgan fingerprint density at radius 3 is 2.13 bits per heavy atom. The summed E-state index contributed by atoms with van der Waals surface area (Å²) in [4.78, 5) is 4.97. The first-order valence-corrected chi connectivity index (χ1v) is 19.6. The summed E-state index contributed by atoms with van der Waals surface area (Å²) in [6.07, 6.45) is -2.38. The van der Waals surface area contributed by atoms with Crippen LogP contribution in [0, 0.1) is 12.3 Å².